The van der Waals surface area contributed by atoms with Crippen molar-refractivity contribution >= 4 is 39.8 Å². The summed E-state index contributed by atoms with van der Waals surface area (Å²) in [6.07, 6.45) is -4.91. The van der Waals surface area contributed by atoms with Gasteiger partial charge in [-0.05, 0) is 62.7 Å². The fourth-order valence-electron chi connectivity index (χ4n) is 4.11. The third-order valence-corrected chi connectivity index (χ3v) is 6.19. The molecule has 4 rings (SSSR count). The van der Waals surface area contributed by atoms with Crippen molar-refractivity contribution in [3.05, 3.63) is 63.0 Å². The Kier molecular flexibility index (Phi) is 7.27. The maximum atomic E-state index is 13.5. The van der Waals surface area contributed by atoms with Crippen LogP contribution in [0.25, 0.3) is 10.8 Å². The number of benzene rings is 2. The Labute approximate surface area is 216 Å². The van der Waals surface area contributed by atoms with Crippen LogP contribution in [0.5, 0.6) is 0 Å². The van der Waals surface area contributed by atoms with Crippen molar-refractivity contribution < 1.29 is 22.7 Å². The van der Waals surface area contributed by atoms with Crippen LogP contribution in [-0.2, 0) is 17.5 Å². The van der Waals surface area contributed by atoms with E-state index in [1.807, 2.05) is 4.90 Å². The van der Waals surface area contributed by atoms with Crippen LogP contribution in [0.4, 0.5) is 29.3 Å². The molecule has 8 nitrogen and oxygen atoms in total. The molecule has 1 aromatic heterocycles. The van der Waals surface area contributed by atoms with Gasteiger partial charge in [0.15, 0.2) is 5.15 Å². The molecule has 0 saturated carbocycles. The number of halogens is 4. The smallest absolute Gasteiger partial charge is 0.416 e. The number of H-pyrrole nitrogens is 1. The van der Waals surface area contributed by atoms with Crippen LogP contribution < -0.4 is 15.8 Å². The van der Waals surface area contributed by atoms with Crippen LogP contribution in [-0.4, -0.2) is 53.0 Å². The molecular weight excluding hydrogens is 511 g/mol. The van der Waals surface area contributed by atoms with Gasteiger partial charge in [0.2, 0.25) is 0 Å². The number of rotatable bonds is 4. The number of ether oxygens (including phenoxy) is 1. The van der Waals surface area contributed by atoms with Crippen LogP contribution in [0, 0.1) is 0 Å². The van der Waals surface area contributed by atoms with E-state index in [0.29, 0.717) is 53.9 Å². The number of anilines is 2. The van der Waals surface area contributed by atoms with Crippen LogP contribution >= 0.6 is 11.6 Å². The first kappa shape index (κ1) is 26.6. The summed E-state index contributed by atoms with van der Waals surface area (Å²) >= 11 is 6.11. The Morgan fingerprint density at radius 3 is 2.43 bits per heavy atom. The summed E-state index contributed by atoms with van der Waals surface area (Å²) in [4.78, 5) is 27.9. The highest BCUT2D eigenvalue weighted by molar-refractivity contribution is 6.34. The monoisotopic (exact) mass is 537 g/mol. The lowest BCUT2D eigenvalue weighted by Crippen LogP contribution is -2.50. The minimum Gasteiger partial charge on any atom is -0.444 e. The predicted molar refractivity (Wildman–Crippen MR) is 136 cm³/mol. The molecule has 3 aromatic rings. The quantitative estimate of drug-likeness (QED) is 0.471. The van der Waals surface area contributed by atoms with Gasteiger partial charge in [0.1, 0.15) is 5.60 Å². The van der Waals surface area contributed by atoms with Crippen LogP contribution in [0.3, 0.4) is 0 Å². The molecule has 2 heterocycles. The van der Waals surface area contributed by atoms with Gasteiger partial charge in [0.05, 0.1) is 10.9 Å². The van der Waals surface area contributed by atoms with Crippen molar-refractivity contribution in [2.75, 3.05) is 36.4 Å². The largest absolute Gasteiger partial charge is 0.444 e. The third-order valence-electron chi connectivity index (χ3n) is 5.90. The summed E-state index contributed by atoms with van der Waals surface area (Å²) in [7, 11) is 0. The van der Waals surface area contributed by atoms with Crippen molar-refractivity contribution in [1.82, 2.24) is 15.1 Å². The van der Waals surface area contributed by atoms with E-state index in [0.717, 1.165) is 12.1 Å². The number of alkyl halides is 3. The number of aromatic amines is 1. The Morgan fingerprint density at radius 1 is 1.08 bits per heavy atom. The second kappa shape index (κ2) is 10.1. The fraction of sp³-hybridized carbons (Fsp3) is 0.400. The van der Waals surface area contributed by atoms with E-state index >= 15 is 0 Å². The summed E-state index contributed by atoms with van der Waals surface area (Å²) < 4.78 is 45.9. The first-order valence-electron chi connectivity index (χ1n) is 11.7. The fourth-order valence-corrected chi connectivity index (χ4v) is 4.31. The molecule has 1 amide bonds. The Morgan fingerprint density at radius 2 is 1.78 bits per heavy atom. The zero-order valence-electron chi connectivity index (χ0n) is 20.6. The molecule has 0 aliphatic carbocycles. The molecule has 0 spiro atoms. The number of aromatic nitrogens is 2. The van der Waals surface area contributed by atoms with Crippen LogP contribution in [0.2, 0.25) is 5.15 Å². The molecule has 0 unspecified atom stereocenters. The number of carbonyl (C=O) groups is 1. The van der Waals surface area contributed by atoms with Crippen LogP contribution in [0.15, 0.2) is 41.2 Å². The van der Waals surface area contributed by atoms with E-state index in [2.05, 4.69) is 15.5 Å². The zero-order valence-corrected chi connectivity index (χ0v) is 21.3. The Hall–Kier alpha value is -3.47. The zero-order chi connectivity index (χ0) is 27.0. The first-order valence-corrected chi connectivity index (χ1v) is 12.0. The average Bonchev–Trinajstić information content (AvgIpc) is 2.83. The Bertz CT molecular complexity index is 1360. The minimum absolute atomic E-state index is 0.0886. The molecule has 1 aliphatic rings. The number of amides is 1. The van der Waals surface area contributed by atoms with Crippen molar-refractivity contribution in [2.24, 2.45) is 0 Å². The van der Waals surface area contributed by atoms with Gasteiger partial charge in [0.25, 0.3) is 5.56 Å². The molecule has 1 saturated heterocycles. The summed E-state index contributed by atoms with van der Waals surface area (Å²) in [5.41, 5.74) is -0.108. The summed E-state index contributed by atoms with van der Waals surface area (Å²) in [6, 6.07) is 8.51. The number of nitrogens with zero attached hydrogens (tertiary/aromatic N) is 3. The average molecular weight is 538 g/mol. The topological polar surface area (TPSA) is 90.6 Å². The van der Waals surface area contributed by atoms with Gasteiger partial charge in [-0.25, -0.2) is 9.89 Å². The Balaban J connectivity index is 1.55. The highest BCUT2D eigenvalue weighted by Crippen LogP contribution is 2.34. The van der Waals surface area contributed by atoms with E-state index in [4.69, 9.17) is 16.3 Å². The van der Waals surface area contributed by atoms with Crippen molar-refractivity contribution in [3.63, 3.8) is 0 Å². The van der Waals surface area contributed by atoms with Crippen LogP contribution in [0.1, 0.15) is 31.9 Å². The maximum Gasteiger partial charge on any atom is 0.416 e. The third kappa shape index (κ3) is 6.27. The van der Waals surface area contributed by atoms with E-state index in [1.54, 1.807) is 43.9 Å². The molecule has 0 atom stereocenters. The van der Waals surface area contributed by atoms with Gasteiger partial charge >= 0.3 is 12.3 Å². The van der Waals surface area contributed by atoms with Gasteiger partial charge in [-0.2, -0.15) is 18.3 Å². The van der Waals surface area contributed by atoms with E-state index in [-0.39, 0.29) is 11.7 Å². The number of piperazine rings is 1. The van der Waals surface area contributed by atoms with Gasteiger partial charge < -0.3 is 19.9 Å². The normalized spacial score (nSPS) is 14.7. The number of fused-ring (bicyclic) bond motifs is 1. The molecule has 0 bridgehead atoms. The minimum atomic E-state index is -4.49. The summed E-state index contributed by atoms with van der Waals surface area (Å²) in [6.45, 7) is 7.11. The second-order valence-electron chi connectivity index (χ2n) is 9.75. The number of carbonyl (C=O) groups excluding carboxylic acids is 1. The lowest BCUT2D eigenvalue weighted by molar-refractivity contribution is -0.137. The molecule has 12 heteroatoms. The predicted octanol–water partition coefficient (Wildman–Crippen LogP) is 5.26. The number of hydrogen-bond acceptors (Lipinski definition) is 6. The molecule has 1 fully saturated rings. The highest BCUT2D eigenvalue weighted by Gasteiger charge is 2.32. The SMILES string of the molecule is CC(C)(C)OC(=O)N1CCN(c2ccc(C(F)(F)F)cc2CNc2ccc3c(=O)[nH]nc(Cl)c3c2)CC1. The molecule has 37 heavy (non-hydrogen) atoms. The number of nitrogens with one attached hydrogen (secondary N) is 2. The maximum absolute atomic E-state index is 13.5. The lowest BCUT2D eigenvalue weighted by Gasteiger charge is -2.37. The van der Waals surface area contributed by atoms with Gasteiger partial charge in [-0.1, -0.05) is 11.6 Å². The summed E-state index contributed by atoms with van der Waals surface area (Å²) in [5.74, 6) is 0. The molecule has 198 valence electrons. The molecule has 2 N–H and O–H groups in total. The molecule has 1 aliphatic heterocycles. The molecular formula is C25H27ClF3N5O3. The standard InChI is InChI=1S/C25H27ClF3N5O3/c1-24(2,3)37-23(36)34-10-8-33(9-11-34)20-7-4-16(25(27,28)29)12-15(20)14-30-17-5-6-18-19(13-17)21(26)31-32-22(18)35/h4-7,12-13,30H,8-11,14H2,1-3H3,(H,32,35). The lowest BCUT2D eigenvalue weighted by atomic mass is 10.1. The van der Waals surface area contributed by atoms with Gasteiger partial charge in [-0.15, -0.1) is 0 Å². The van der Waals surface area contributed by atoms with E-state index in [1.165, 1.54) is 6.07 Å². The first-order chi connectivity index (χ1) is 17.3. The van der Waals surface area contributed by atoms with E-state index in [9.17, 15) is 22.8 Å². The number of hydrogen-bond donors (Lipinski definition) is 2. The van der Waals surface area contributed by atoms with Crippen molar-refractivity contribution in [3.8, 4) is 0 Å². The van der Waals surface area contributed by atoms with Crippen molar-refractivity contribution in [2.45, 2.75) is 39.1 Å². The molecule has 0 radical (unpaired) electrons. The van der Waals surface area contributed by atoms with E-state index < -0.39 is 29.0 Å². The van der Waals surface area contributed by atoms with Gasteiger partial charge in [0, 0.05) is 49.5 Å². The highest BCUT2D eigenvalue weighted by atomic mass is 35.5. The van der Waals surface area contributed by atoms with Gasteiger partial charge in [-0.3, -0.25) is 4.79 Å². The van der Waals surface area contributed by atoms with Crippen molar-refractivity contribution in [1.29, 1.82) is 0 Å². The molecule has 2 aromatic carbocycles. The summed E-state index contributed by atoms with van der Waals surface area (Å²) in [5, 5.41) is 10.1. The second-order valence-corrected chi connectivity index (χ2v) is 10.1.